The lowest BCUT2D eigenvalue weighted by Crippen LogP contribution is -2.50. The van der Waals surface area contributed by atoms with Gasteiger partial charge in [-0.15, -0.1) is 0 Å². The number of nitriles is 1. The number of rotatable bonds is 2. The summed E-state index contributed by atoms with van der Waals surface area (Å²) >= 11 is 0. The van der Waals surface area contributed by atoms with Crippen molar-refractivity contribution in [2.45, 2.75) is 19.1 Å². The topological polar surface area (TPSA) is 82.3 Å². The SMILES string of the molecule is CC1COC(CO)CN1c1nccc(C#N)n1. The van der Waals surface area contributed by atoms with Gasteiger partial charge in [-0.05, 0) is 13.0 Å². The van der Waals surface area contributed by atoms with E-state index in [1.165, 1.54) is 0 Å². The van der Waals surface area contributed by atoms with Crippen LogP contribution in [0, 0.1) is 11.3 Å². The van der Waals surface area contributed by atoms with Crippen LogP contribution in [0.25, 0.3) is 0 Å². The van der Waals surface area contributed by atoms with E-state index in [0.717, 1.165) is 0 Å². The molecule has 6 nitrogen and oxygen atoms in total. The first-order valence-electron chi connectivity index (χ1n) is 5.47. The molecule has 0 aromatic carbocycles. The minimum absolute atomic E-state index is 0.0266. The number of aliphatic hydroxyl groups is 1. The van der Waals surface area contributed by atoms with Crippen molar-refractivity contribution in [1.29, 1.82) is 5.26 Å². The van der Waals surface area contributed by atoms with Gasteiger partial charge >= 0.3 is 0 Å². The first-order valence-corrected chi connectivity index (χ1v) is 5.47. The molecule has 1 N–H and O–H groups in total. The molecule has 2 rings (SSSR count). The summed E-state index contributed by atoms with van der Waals surface area (Å²) in [5.41, 5.74) is 0.342. The highest BCUT2D eigenvalue weighted by Gasteiger charge is 2.27. The Morgan fingerprint density at radius 1 is 1.71 bits per heavy atom. The van der Waals surface area contributed by atoms with Gasteiger partial charge in [-0.25, -0.2) is 9.97 Å². The highest BCUT2D eigenvalue weighted by Crippen LogP contribution is 2.17. The van der Waals surface area contributed by atoms with Crippen LogP contribution in [0.1, 0.15) is 12.6 Å². The van der Waals surface area contributed by atoms with E-state index in [2.05, 4.69) is 9.97 Å². The fourth-order valence-corrected chi connectivity index (χ4v) is 1.76. The Kier molecular flexibility index (Phi) is 3.52. The zero-order chi connectivity index (χ0) is 12.3. The fourth-order valence-electron chi connectivity index (χ4n) is 1.76. The molecular formula is C11H14N4O2. The van der Waals surface area contributed by atoms with Crippen LogP contribution in [0.5, 0.6) is 0 Å². The van der Waals surface area contributed by atoms with E-state index in [9.17, 15) is 0 Å². The molecule has 1 aromatic rings. The summed E-state index contributed by atoms with van der Waals surface area (Å²) in [5, 5.41) is 17.9. The zero-order valence-electron chi connectivity index (χ0n) is 9.58. The predicted octanol–water partition coefficient (Wildman–Crippen LogP) is -0.0657. The molecule has 1 aromatic heterocycles. The summed E-state index contributed by atoms with van der Waals surface area (Å²) in [6.07, 6.45) is 1.34. The Bertz CT molecular complexity index is 432. The summed E-state index contributed by atoms with van der Waals surface area (Å²) in [6.45, 7) is 3.02. The maximum absolute atomic E-state index is 9.10. The lowest BCUT2D eigenvalue weighted by atomic mass is 10.2. The van der Waals surface area contributed by atoms with E-state index in [4.69, 9.17) is 15.1 Å². The van der Waals surface area contributed by atoms with Gasteiger partial charge in [0.05, 0.1) is 25.4 Å². The zero-order valence-corrected chi connectivity index (χ0v) is 9.58. The van der Waals surface area contributed by atoms with Crippen molar-refractivity contribution in [3.63, 3.8) is 0 Å². The molecule has 6 heteroatoms. The molecule has 1 fully saturated rings. The van der Waals surface area contributed by atoms with Gasteiger partial charge in [0.25, 0.3) is 0 Å². The van der Waals surface area contributed by atoms with E-state index in [1.807, 2.05) is 17.9 Å². The maximum Gasteiger partial charge on any atom is 0.226 e. The van der Waals surface area contributed by atoms with Crippen molar-refractivity contribution in [3.8, 4) is 6.07 Å². The minimum atomic E-state index is -0.222. The van der Waals surface area contributed by atoms with Crippen LogP contribution >= 0.6 is 0 Å². The Morgan fingerprint density at radius 2 is 2.53 bits per heavy atom. The third-order valence-corrected chi connectivity index (χ3v) is 2.72. The lowest BCUT2D eigenvalue weighted by molar-refractivity contribution is -0.0108. The van der Waals surface area contributed by atoms with Crippen LogP contribution in [0.15, 0.2) is 12.3 Å². The monoisotopic (exact) mass is 234 g/mol. The van der Waals surface area contributed by atoms with E-state index < -0.39 is 0 Å². The molecule has 0 bridgehead atoms. The molecule has 1 aliphatic heterocycles. The first-order chi connectivity index (χ1) is 8.24. The van der Waals surface area contributed by atoms with Crippen molar-refractivity contribution in [2.75, 3.05) is 24.7 Å². The van der Waals surface area contributed by atoms with E-state index in [1.54, 1.807) is 12.3 Å². The summed E-state index contributed by atoms with van der Waals surface area (Å²) < 4.78 is 5.44. The highest BCUT2D eigenvalue weighted by atomic mass is 16.5. The van der Waals surface area contributed by atoms with Gasteiger partial charge in [0.2, 0.25) is 5.95 Å². The third-order valence-electron chi connectivity index (χ3n) is 2.72. The summed E-state index contributed by atoms with van der Waals surface area (Å²) in [6, 6.07) is 3.69. The number of aliphatic hydroxyl groups excluding tert-OH is 1. The van der Waals surface area contributed by atoms with Gasteiger partial charge in [0, 0.05) is 12.7 Å². The van der Waals surface area contributed by atoms with Crippen LogP contribution < -0.4 is 4.90 Å². The highest BCUT2D eigenvalue weighted by molar-refractivity contribution is 5.35. The second-order valence-corrected chi connectivity index (χ2v) is 3.99. The molecule has 2 atom stereocenters. The molecule has 0 radical (unpaired) electrons. The molecule has 90 valence electrons. The second-order valence-electron chi connectivity index (χ2n) is 3.99. The lowest BCUT2D eigenvalue weighted by Gasteiger charge is -2.37. The van der Waals surface area contributed by atoms with E-state index in [-0.39, 0.29) is 18.8 Å². The normalized spacial score (nSPS) is 24.4. The number of morpholine rings is 1. The van der Waals surface area contributed by atoms with Gasteiger partial charge in [-0.3, -0.25) is 0 Å². The molecule has 1 saturated heterocycles. The first kappa shape index (κ1) is 11.8. The number of hydrogen-bond donors (Lipinski definition) is 1. The number of ether oxygens (including phenoxy) is 1. The Balaban J connectivity index is 2.21. The van der Waals surface area contributed by atoms with Crippen LogP contribution in [0.3, 0.4) is 0 Å². The molecule has 2 heterocycles. The van der Waals surface area contributed by atoms with Crippen molar-refractivity contribution in [1.82, 2.24) is 9.97 Å². The van der Waals surface area contributed by atoms with Gasteiger partial charge in [0.15, 0.2) is 0 Å². The van der Waals surface area contributed by atoms with E-state index in [0.29, 0.717) is 24.8 Å². The Hall–Kier alpha value is -1.71. The van der Waals surface area contributed by atoms with Crippen molar-refractivity contribution in [2.24, 2.45) is 0 Å². The smallest absolute Gasteiger partial charge is 0.226 e. The summed E-state index contributed by atoms with van der Waals surface area (Å²) in [4.78, 5) is 10.3. The van der Waals surface area contributed by atoms with Crippen molar-refractivity contribution >= 4 is 5.95 Å². The number of anilines is 1. The van der Waals surface area contributed by atoms with Gasteiger partial charge in [-0.1, -0.05) is 0 Å². The molecular weight excluding hydrogens is 220 g/mol. The second kappa shape index (κ2) is 5.08. The summed E-state index contributed by atoms with van der Waals surface area (Å²) in [5.74, 6) is 0.512. The van der Waals surface area contributed by atoms with E-state index >= 15 is 0 Å². The molecule has 0 aliphatic carbocycles. The number of hydrogen-bond acceptors (Lipinski definition) is 6. The minimum Gasteiger partial charge on any atom is -0.394 e. The molecule has 1 aliphatic rings. The van der Waals surface area contributed by atoms with Crippen molar-refractivity contribution in [3.05, 3.63) is 18.0 Å². The maximum atomic E-state index is 9.10. The molecule has 17 heavy (non-hydrogen) atoms. The third kappa shape index (κ3) is 2.52. The van der Waals surface area contributed by atoms with Gasteiger partial charge < -0.3 is 14.7 Å². The van der Waals surface area contributed by atoms with Gasteiger partial charge in [0.1, 0.15) is 11.8 Å². The quantitative estimate of drug-likeness (QED) is 0.771. The molecule has 0 spiro atoms. The van der Waals surface area contributed by atoms with Crippen LogP contribution in [0.4, 0.5) is 5.95 Å². The molecule has 0 amide bonds. The van der Waals surface area contributed by atoms with Crippen molar-refractivity contribution < 1.29 is 9.84 Å². The number of aromatic nitrogens is 2. The number of nitrogens with zero attached hydrogens (tertiary/aromatic N) is 4. The van der Waals surface area contributed by atoms with Crippen LogP contribution in [-0.2, 0) is 4.74 Å². The van der Waals surface area contributed by atoms with Crippen LogP contribution in [-0.4, -0.2) is 47.0 Å². The molecule has 0 saturated carbocycles. The summed E-state index contributed by atoms with van der Waals surface area (Å²) in [7, 11) is 0. The Labute approximate surface area is 99.5 Å². The standard InChI is InChI=1S/C11H14N4O2/c1-8-7-17-10(6-16)5-15(8)11-13-3-2-9(4-12)14-11/h2-3,8,10,16H,5-7H2,1H3. The largest absolute Gasteiger partial charge is 0.394 e. The predicted molar refractivity (Wildman–Crippen MR) is 60.4 cm³/mol. The average molecular weight is 234 g/mol. The molecule has 2 unspecified atom stereocenters. The van der Waals surface area contributed by atoms with Crippen LogP contribution in [0.2, 0.25) is 0 Å². The Morgan fingerprint density at radius 3 is 3.24 bits per heavy atom. The average Bonchev–Trinajstić information content (AvgIpc) is 2.39. The van der Waals surface area contributed by atoms with Gasteiger partial charge in [-0.2, -0.15) is 5.26 Å². The fraction of sp³-hybridized carbons (Fsp3) is 0.545.